The number of nitrogens with zero attached hydrogens (tertiary/aromatic N) is 1. The van der Waals surface area contributed by atoms with Crippen LogP contribution in [0.4, 0.5) is 0 Å². The maximum absolute atomic E-state index is 10.3. The second-order valence-corrected chi connectivity index (χ2v) is 2.93. The number of rotatable bonds is 1. The molecule has 1 heterocycles. The predicted molar refractivity (Wildman–Crippen MR) is 46.2 cm³/mol. The summed E-state index contributed by atoms with van der Waals surface area (Å²) < 4.78 is 3.53. The van der Waals surface area contributed by atoms with Crippen LogP contribution in [0.1, 0.15) is 9.67 Å². The zero-order valence-corrected chi connectivity index (χ0v) is 6.80. The molecule has 1 N–H and O–H groups in total. The molecule has 0 aliphatic rings. The molecule has 11 heavy (non-hydrogen) atoms. The standard InChI is InChI=1S/C4HCl2NO2S.K.H/c5-1-2(4(8)9)10-7-3(1)6;;/h(H,8,9);;. The van der Waals surface area contributed by atoms with Crippen molar-refractivity contribution < 1.29 is 9.90 Å². The van der Waals surface area contributed by atoms with Crippen LogP contribution in [-0.2, 0) is 0 Å². The summed E-state index contributed by atoms with van der Waals surface area (Å²) in [5.41, 5.74) is 0. The second kappa shape index (κ2) is 5.13. The molecular weight excluding hydrogens is 236 g/mol. The van der Waals surface area contributed by atoms with Crippen LogP contribution in [0.25, 0.3) is 0 Å². The van der Waals surface area contributed by atoms with Crippen molar-refractivity contribution in [1.82, 2.24) is 4.37 Å². The number of hydrogen-bond donors (Lipinski definition) is 1. The van der Waals surface area contributed by atoms with E-state index in [-0.39, 0.29) is 66.4 Å². The van der Waals surface area contributed by atoms with Gasteiger partial charge in [-0.05, 0) is 11.5 Å². The fourth-order valence-corrected chi connectivity index (χ4v) is 1.44. The monoisotopic (exact) mass is 237 g/mol. The Labute approximate surface area is 119 Å². The number of carbonyl (C=O) groups is 1. The van der Waals surface area contributed by atoms with Gasteiger partial charge >= 0.3 is 57.4 Å². The SMILES string of the molecule is O=C(O)c1snc(Cl)c1Cl.[KH]. The molecule has 0 saturated heterocycles. The Bertz CT molecular complexity index is 277. The molecule has 3 nitrogen and oxygen atoms in total. The Hall–Kier alpha value is 1.32. The van der Waals surface area contributed by atoms with Gasteiger partial charge in [-0.15, -0.1) is 0 Å². The minimum atomic E-state index is -1.10. The van der Waals surface area contributed by atoms with Crippen LogP contribution in [0, 0.1) is 0 Å². The van der Waals surface area contributed by atoms with E-state index in [0.29, 0.717) is 0 Å². The van der Waals surface area contributed by atoms with E-state index in [1.54, 1.807) is 0 Å². The molecule has 0 fully saturated rings. The van der Waals surface area contributed by atoms with E-state index in [1.165, 1.54) is 0 Å². The van der Waals surface area contributed by atoms with Crippen molar-refractivity contribution in [2.45, 2.75) is 0 Å². The molecule has 0 unspecified atom stereocenters. The third-order valence-corrected chi connectivity index (χ3v) is 2.58. The van der Waals surface area contributed by atoms with Crippen LogP contribution < -0.4 is 0 Å². The van der Waals surface area contributed by atoms with Gasteiger partial charge in [-0.2, -0.15) is 4.37 Å². The van der Waals surface area contributed by atoms with Gasteiger partial charge in [0.15, 0.2) is 10.0 Å². The van der Waals surface area contributed by atoms with Crippen molar-refractivity contribution in [3.8, 4) is 0 Å². The summed E-state index contributed by atoms with van der Waals surface area (Å²) in [6, 6.07) is 0. The van der Waals surface area contributed by atoms with Gasteiger partial charge in [-0.1, -0.05) is 23.2 Å². The Morgan fingerprint density at radius 2 is 2.09 bits per heavy atom. The zero-order valence-electron chi connectivity index (χ0n) is 4.47. The molecule has 0 aliphatic carbocycles. The van der Waals surface area contributed by atoms with Gasteiger partial charge in [-0.3, -0.25) is 0 Å². The molecule has 1 rings (SSSR count). The first-order chi connectivity index (χ1) is 4.63. The van der Waals surface area contributed by atoms with Gasteiger partial charge in [0.05, 0.1) is 0 Å². The van der Waals surface area contributed by atoms with Crippen molar-refractivity contribution in [2.75, 3.05) is 0 Å². The van der Waals surface area contributed by atoms with Crippen LogP contribution in [0.2, 0.25) is 10.2 Å². The summed E-state index contributed by atoms with van der Waals surface area (Å²) in [5, 5.41) is 8.46. The topological polar surface area (TPSA) is 50.2 Å². The summed E-state index contributed by atoms with van der Waals surface area (Å²) >= 11 is 11.6. The molecule has 0 aromatic carbocycles. The molecule has 56 valence electrons. The Morgan fingerprint density at radius 1 is 1.55 bits per heavy atom. The van der Waals surface area contributed by atoms with Crippen LogP contribution in [0.3, 0.4) is 0 Å². The fourth-order valence-electron chi connectivity index (χ4n) is 0.392. The summed E-state index contributed by atoms with van der Waals surface area (Å²) in [5.74, 6) is -1.10. The molecule has 0 amide bonds. The van der Waals surface area contributed by atoms with E-state index in [2.05, 4.69) is 4.37 Å². The molecule has 7 heteroatoms. The van der Waals surface area contributed by atoms with Gasteiger partial charge in [0.2, 0.25) is 0 Å². The number of carboxylic acids is 1. The second-order valence-electron chi connectivity index (χ2n) is 1.42. The Balaban J connectivity index is 0.000001000. The maximum atomic E-state index is 10.3. The van der Waals surface area contributed by atoms with Crippen LogP contribution in [-0.4, -0.2) is 66.8 Å². The summed E-state index contributed by atoms with van der Waals surface area (Å²) in [6.45, 7) is 0. The fraction of sp³-hybridized carbons (Fsp3) is 0. The third kappa shape index (κ3) is 2.93. The molecule has 0 bridgehead atoms. The molecular formula is C4H2Cl2KNO2S. The van der Waals surface area contributed by atoms with Crippen molar-refractivity contribution in [3.63, 3.8) is 0 Å². The zero-order chi connectivity index (χ0) is 7.72. The molecule has 1 aromatic rings. The molecule has 0 aliphatic heterocycles. The van der Waals surface area contributed by atoms with E-state index < -0.39 is 5.97 Å². The van der Waals surface area contributed by atoms with Crippen LogP contribution >= 0.6 is 34.7 Å². The van der Waals surface area contributed by atoms with Crippen LogP contribution in [0.5, 0.6) is 0 Å². The molecule has 0 radical (unpaired) electrons. The van der Waals surface area contributed by atoms with E-state index in [0.717, 1.165) is 11.5 Å². The number of aromatic nitrogens is 1. The quantitative estimate of drug-likeness (QED) is 0.754. The minimum absolute atomic E-state index is 0. The van der Waals surface area contributed by atoms with Crippen molar-refractivity contribution in [3.05, 3.63) is 15.1 Å². The van der Waals surface area contributed by atoms with E-state index in [1.807, 2.05) is 0 Å². The average Bonchev–Trinajstić information content (AvgIpc) is 2.14. The van der Waals surface area contributed by atoms with Gasteiger partial charge in [0.25, 0.3) is 0 Å². The molecule has 0 atom stereocenters. The van der Waals surface area contributed by atoms with E-state index in [9.17, 15) is 4.79 Å². The van der Waals surface area contributed by atoms with Gasteiger partial charge < -0.3 is 5.11 Å². The summed E-state index contributed by atoms with van der Waals surface area (Å²) in [6.07, 6.45) is 0. The normalized spacial score (nSPS) is 8.91. The summed E-state index contributed by atoms with van der Waals surface area (Å²) in [4.78, 5) is 10.2. The van der Waals surface area contributed by atoms with E-state index >= 15 is 0 Å². The van der Waals surface area contributed by atoms with Crippen LogP contribution in [0.15, 0.2) is 0 Å². The van der Waals surface area contributed by atoms with Crippen molar-refractivity contribution in [2.24, 2.45) is 0 Å². The Kier molecular flexibility index (Phi) is 5.75. The van der Waals surface area contributed by atoms with E-state index in [4.69, 9.17) is 28.3 Å². The molecule has 1 aromatic heterocycles. The van der Waals surface area contributed by atoms with Gasteiger partial charge in [0.1, 0.15) is 5.02 Å². The van der Waals surface area contributed by atoms with Gasteiger partial charge in [-0.25, -0.2) is 4.79 Å². The first-order valence-corrected chi connectivity index (χ1v) is 3.70. The summed E-state index contributed by atoms with van der Waals surface area (Å²) in [7, 11) is 0. The predicted octanol–water partition coefficient (Wildman–Crippen LogP) is 1.50. The number of carboxylic acid groups (broad SMARTS) is 1. The van der Waals surface area contributed by atoms with Crippen molar-refractivity contribution >= 4 is 92.1 Å². The number of aromatic carboxylic acids is 1. The molecule has 0 saturated carbocycles. The first-order valence-electron chi connectivity index (χ1n) is 2.17. The van der Waals surface area contributed by atoms with Gasteiger partial charge in [0, 0.05) is 0 Å². The third-order valence-electron chi connectivity index (χ3n) is 0.792. The molecule has 0 spiro atoms. The number of halogens is 2. The number of hydrogen-bond acceptors (Lipinski definition) is 3. The average molecular weight is 238 g/mol. The first kappa shape index (κ1) is 12.3. The van der Waals surface area contributed by atoms with Crippen molar-refractivity contribution in [1.29, 1.82) is 0 Å². The Morgan fingerprint density at radius 3 is 2.27 bits per heavy atom.